The minimum Gasteiger partial charge on any atom is -0.351 e. The Morgan fingerprint density at radius 2 is 2.10 bits per heavy atom. The average Bonchev–Trinajstić information content (AvgIpc) is 2.78. The predicted molar refractivity (Wildman–Crippen MR) is 122 cm³/mol. The van der Waals surface area contributed by atoms with E-state index in [4.69, 9.17) is 0 Å². The van der Waals surface area contributed by atoms with Gasteiger partial charge in [-0.15, -0.1) is 0 Å². The molecule has 1 amide bonds. The molecular weight excluding hydrogens is 356 g/mol. The minimum absolute atomic E-state index is 0.155. The molecule has 1 heterocycles. The van der Waals surface area contributed by atoms with Crippen molar-refractivity contribution in [2.45, 2.75) is 25.7 Å². The lowest BCUT2D eigenvalue weighted by Crippen LogP contribution is -2.28. The van der Waals surface area contributed by atoms with Crippen molar-refractivity contribution in [3.05, 3.63) is 102 Å². The summed E-state index contributed by atoms with van der Waals surface area (Å²) in [5.74, 6) is 0.648. The van der Waals surface area contributed by atoms with E-state index in [1.165, 1.54) is 5.56 Å². The van der Waals surface area contributed by atoms with Gasteiger partial charge in [0.15, 0.2) is 0 Å². The highest BCUT2D eigenvalue weighted by atomic mass is 16.1. The number of carbonyl (C=O) groups is 1. The smallest absolute Gasteiger partial charge is 0.270 e. The van der Waals surface area contributed by atoms with Crippen molar-refractivity contribution in [3.63, 3.8) is 0 Å². The molecule has 0 saturated heterocycles. The summed E-state index contributed by atoms with van der Waals surface area (Å²) in [4.78, 5) is 17.1. The Morgan fingerprint density at radius 3 is 2.79 bits per heavy atom. The Balaban J connectivity index is 1.70. The molecule has 2 aromatic rings. The van der Waals surface area contributed by atoms with Gasteiger partial charge < -0.3 is 5.32 Å². The number of nitrogens with one attached hydrogen (secondary N) is 1. The van der Waals surface area contributed by atoms with Crippen molar-refractivity contribution >= 4 is 18.1 Å². The number of hydrogen-bond donors (Lipinski definition) is 1. The molecule has 1 aliphatic carbocycles. The van der Waals surface area contributed by atoms with Crippen LogP contribution in [0.5, 0.6) is 0 Å². The third-order valence-corrected chi connectivity index (χ3v) is 5.29. The van der Waals surface area contributed by atoms with Crippen molar-refractivity contribution in [2.75, 3.05) is 6.54 Å². The van der Waals surface area contributed by atoms with E-state index in [9.17, 15) is 4.79 Å². The molecule has 1 aliphatic rings. The quantitative estimate of drug-likeness (QED) is 0.625. The van der Waals surface area contributed by atoms with Gasteiger partial charge in [-0.1, -0.05) is 79.4 Å². The first-order valence-electron chi connectivity index (χ1n) is 10.1. The number of hydrogen-bond acceptors (Lipinski definition) is 2. The molecule has 2 unspecified atom stereocenters. The van der Waals surface area contributed by atoms with E-state index >= 15 is 0 Å². The fourth-order valence-corrected chi connectivity index (χ4v) is 3.86. The summed E-state index contributed by atoms with van der Waals surface area (Å²) in [5, 5.41) is 3.07. The second-order valence-corrected chi connectivity index (χ2v) is 7.14. The summed E-state index contributed by atoms with van der Waals surface area (Å²) in [6, 6.07) is 12.4. The van der Waals surface area contributed by atoms with Crippen LogP contribution in [-0.2, 0) is 0 Å². The highest BCUT2D eigenvalue weighted by Crippen LogP contribution is 2.33. The van der Waals surface area contributed by atoms with Crippen LogP contribution in [0.2, 0.25) is 0 Å². The third-order valence-electron chi connectivity index (χ3n) is 5.29. The number of allylic oxidation sites excluding steroid dienone is 5. The Kier molecular flexibility index (Phi) is 7.34. The first kappa shape index (κ1) is 20.5. The largest absolute Gasteiger partial charge is 0.351 e. The van der Waals surface area contributed by atoms with E-state index in [1.54, 1.807) is 12.3 Å². The standard InChI is InChI=1S/C26H28N2O/c1-3-11-20-16-18-27-25(23(20)4-2)26(29)28-19-17-24(21-12-7-5-8-13-21)22-14-9-6-10-15-22/h3-14,16,18,22,24H,2,15,17,19H2,1H3,(H,28,29)/b11-3-. The van der Waals surface area contributed by atoms with E-state index in [2.05, 4.69) is 65.4 Å². The van der Waals surface area contributed by atoms with E-state index in [1.807, 2.05) is 31.2 Å². The molecule has 29 heavy (non-hydrogen) atoms. The van der Waals surface area contributed by atoms with Crippen LogP contribution in [0.1, 0.15) is 52.9 Å². The van der Waals surface area contributed by atoms with E-state index < -0.39 is 0 Å². The van der Waals surface area contributed by atoms with Crippen LogP contribution in [0.4, 0.5) is 0 Å². The van der Waals surface area contributed by atoms with Crippen LogP contribution in [0.15, 0.2) is 79.6 Å². The Labute approximate surface area is 173 Å². The van der Waals surface area contributed by atoms with E-state index in [0.717, 1.165) is 24.0 Å². The van der Waals surface area contributed by atoms with Gasteiger partial charge in [0.2, 0.25) is 0 Å². The summed E-state index contributed by atoms with van der Waals surface area (Å²) >= 11 is 0. The van der Waals surface area contributed by atoms with Gasteiger partial charge in [0, 0.05) is 18.3 Å². The summed E-state index contributed by atoms with van der Waals surface area (Å²) in [6.45, 7) is 6.40. The van der Waals surface area contributed by atoms with Gasteiger partial charge >= 0.3 is 0 Å². The van der Waals surface area contributed by atoms with Gasteiger partial charge in [-0.2, -0.15) is 0 Å². The van der Waals surface area contributed by atoms with Gasteiger partial charge in [-0.25, -0.2) is 0 Å². The molecule has 148 valence electrons. The lowest BCUT2D eigenvalue weighted by molar-refractivity contribution is 0.0946. The highest BCUT2D eigenvalue weighted by molar-refractivity contribution is 5.97. The molecular formula is C26H28N2O. The molecule has 0 fully saturated rings. The SMILES string of the molecule is C=Cc1c(/C=C\C)ccnc1C(=O)NCCC(c1ccccc1)C1C=CC=CC1. The second kappa shape index (κ2) is 10.4. The van der Waals surface area contributed by atoms with Crippen molar-refractivity contribution in [1.29, 1.82) is 0 Å². The number of nitrogens with zero attached hydrogens (tertiary/aromatic N) is 1. The molecule has 3 rings (SSSR count). The maximum absolute atomic E-state index is 12.8. The van der Waals surface area contributed by atoms with Crippen molar-refractivity contribution in [2.24, 2.45) is 5.92 Å². The molecule has 3 heteroatoms. The van der Waals surface area contributed by atoms with Crippen LogP contribution in [0.3, 0.4) is 0 Å². The fourth-order valence-electron chi connectivity index (χ4n) is 3.86. The fraction of sp³-hybridized carbons (Fsp3) is 0.231. The van der Waals surface area contributed by atoms with Crippen LogP contribution >= 0.6 is 0 Å². The molecule has 0 saturated carbocycles. The van der Waals surface area contributed by atoms with Crippen molar-refractivity contribution in [1.82, 2.24) is 10.3 Å². The lowest BCUT2D eigenvalue weighted by Gasteiger charge is -2.26. The number of aromatic nitrogens is 1. The predicted octanol–water partition coefficient (Wildman–Crippen LogP) is 5.79. The molecule has 1 N–H and O–H groups in total. The Bertz CT molecular complexity index is 925. The second-order valence-electron chi connectivity index (χ2n) is 7.14. The Hall–Kier alpha value is -3.20. The number of rotatable bonds is 8. The Morgan fingerprint density at radius 1 is 1.28 bits per heavy atom. The molecule has 1 aromatic carbocycles. The molecule has 0 aliphatic heterocycles. The molecule has 2 atom stereocenters. The van der Waals surface area contributed by atoms with Crippen molar-refractivity contribution < 1.29 is 4.79 Å². The average molecular weight is 385 g/mol. The summed E-state index contributed by atoms with van der Waals surface area (Å²) in [7, 11) is 0. The summed E-state index contributed by atoms with van der Waals surface area (Å²) < 4.78 is 0. The zero-order valence-electron chi connectivity index (χ0n) is 16.9. The molecule has 3 nitrogen and oxygen atoms in total. The van der Waals surface area contributed by atoms with Crippen LogP contribution < -0.4 is 5.32 Å². The first-order chi connectivity index (χ1) is 14.2. The molecule has 0 spiro atoms. The summed E-state index contributed by atoms with van der Waals surface area (Å²) in [6.07, 6.45) is 17.9. The maximum atomic E-state index is 12.8. The van der Waals surface area contributed by atoms with Gasteiger partial charge in [0.05, 0.1) is 0 Å². The summed E-state index contributed by atoms with van der Waals surface area (Å²) in [5.41, 5.74) is 3.45. The third kappa shape index (κ3) is 5.20. The lowest BCUT2D eigenvalue weighted by atomic mass is 9.80. The van der Waals surface area contributed by atoms with E-state index in [0.29, 0.717) is 24.1 Å². The highest BCUT2D eigenvalue weighted by Gasteiger charge is 2.22. The monoisotopic (exact) mass is 384 g/mol. The maximum Gasteiger partial charge on any atom is 0.270 e. The zero-order valence-corrected chi connectivity index (χ0v) is 16.9. The molecule has 1 aromatic heterocycles. The topological polar surface area (TPSA) is 42.0 Å². The van der Waals surface area contributed by atoms with Crippen LogP contribution in [0, 0.1) is 5.92 Å². The van der Waals surface area contributed by atoms with Crippen LogP contribution in [0.25, 0.3) is 12.2 Å². The van der Waals surface area contributed by atoms with Crippen molar-refractivity contribution in [3.8, 4) is 0 Å². The van der Waals surface area contributed by atoms with Gasteiger partial charge in [0.1, 0.15) is 5.69 Å². The van der Waals surface area contributed by atoms with E-state index in [-0.39, 0.29) is 5.91 Å². The minimum atomic E-state index is -0.155. The zero-order chi connectivity index (χ0) is 20.5. The number of benzene rings is 1. The molecule has 0 bridgehead atoms. The number of pyridine rings is 1. The number of carbonyl (C=O) groups excluding carboxylic acids is 1. The van der Waals surface area contributed by atoms with Gasteiger partial charge in [-0.3, -0.25) is 9.78 Å². The van der Waals surface area contributed by atoms with Gasteiger partial charge in [0.25, 0.3) is 5.91 Å². The van der Waals surface area contributed by atoms with Gasteiger partial charge in [-0.05, 0) is 48.8 Å². The van der Waals surface area contributed by atoms with Crippen LogP contribution in [-0.4, -0.2) is 17.4 Å². The molecule has 0 radical (unpaired) electrons. The number of amides is 1. The normalized spacial score (nSPS) is 16.7. The first-order valence-corrected chi connectivity index (χ1v) is 10.1.